The van der Waals surface area contributed by atoms with Gasteiger partial charge in [0.15, 0.2) is 24.6 Å². The van der Waals surface area contributed by atoms with Crippen molar-refractivity contribution in [2.24, 2.45) is 0 Å². The van der Waals surface area contributed by atoms with Crippen LogP contribution in [0.3, 0.4) is 0 Å². The van der Waals surface area contributed by atoms with Crippen LogP contribution in [-0.2, 0) is 42.9 Å². The number of carbonyl (C=O) groups is 4. The van der Waals surface area contributed by atoms with Crippen molar-refractivity contribution in [3.63, 3.8) is 0 Å². The Balaban J connectivity index is 2.69. The summed E-state index contributed by atoms with van der Waals surface area (Å²) in [5.74, 6) is -3.20. The number of esters is 3. The van der Waals surface area contributed by atoms with Crippen molar-refractivity contribution in [2.75, 3.05) is 13.2 Å². The number of carbonyl (C=O) groups excluding carboxylic acids is 3. The molecule has 466 valence electrons. The van der Waals surface area contributed by atoms with E-state index in [1.807, 2.05) is 18.2 Å². The van der Waals surface area contributed by atoms with Gasteiger partial charge in [0.25, 0.3) is 0 Å². The lowest BCUT2D eigenvalue weighted by Gasteiger charge is -2.40. The minimum Gasteiger partial charge on any atom is -0.479 e. The van der Waals surface area contributed by atoms with E-state index in [1.165, 1.54) is 154 Å². The molecule has 81 heavy (non-hydrogen) atoms. The van der Waals surface area contributed by atoms with Gasteiger partial charge < -0.3 is 39.0 Å². The molecular weight excluding hydrogens is 1020 g/mol. The topological polar surface area (TPSA) is 175 Å². The standard InChI is InChI=1S/C69H118O12/c1-4-7-10-13-16-19-22-25-28-30-31-33-36-39-42-45-48-51-54-57-63(72)80-67-65(74)64(73)66(68(75)76)81-69(67)78-59-60(79-62(71)56-53-50-47-44-41-38-34-27-24-21-18-15-12-9-6-3)58-77-61(70)55-52-49-46-43-40-37-35-32-29-26-23-20-17-14-11-8-5-2/h7,10,16,19,25,28,31,33,39,42,48,51,60,64-67,69,73-74H,4-6,8-9,11-15,17-18,20-24,26-27,29-30,32,34-38,40-41,43-47,49-50,52-59H2,1-3H3,(H,75,76)/b10-7-,19-16-,28-25-,33-31-,42-39-,51-48-. The molecule has 1 heterocycles. The van der Waals surface area contributed by atoms with Gasteiger partial charge in [0, 0.05) is 19.3 Å². The Bertz CT molecular complexity index is 1680. The lowest BCUT2D eigenvalue weighted by molar-refractivity contribution is -0.301. The lowest BCUT2D eigenvalue weighted by atomic mass is 9.98. The number of carboxylic acids is 1. The summed E-state index contributed by atoms with van der Waals surface area (Å²) < 4.78 is 28.5. The Morgan fingerprint density at radius 2 is 0.778 bits per heavy atom. The van der Waals surface area contributed by atoms with Crippen molar-refractivity contribution < 1.29 is 58.2 Å². The van der Waals surface area contributed by atoms with Crippen molar-refractivity contribution in [2.45, 2.75) is 327 Å². The molecule has 6 unspecified atom stereocenters. The molecule has 0 amide bonds. The zero-order valence-corrected chi connectivity index (χ0v) is 51.5. The molecule has 1 aliphatic heterocycles. The molecule has 1 aliphatic rings. The van der Waals surface area contributed by atoms with Crippen molar-refractivity contribution in [1.82, 2.24) is 0 Å². The molecule has 0 radical (unpaired) electrons. The molecule has 1 rings (SSSR count). The first-order valence-electron chi connectivity index (χ1n) is 32.9. The average Bonchev–Trinajstić information content (AvgIpc) is 3.54. The second-order valence-electron chi connectivity index (χ2n) is 22.4. The molecule has 0 aromatic heterocycles. The van der Waals surface area contributed by atoms with Crippen molar-refractivity contribution in [1.29, 1.82) is 0 Å². The molecule has 1 fully saturated rings. The van der Waals surface area contributed by atoms with E-state index in [-0.39, 0.29) is 25.9 Å². The summed E-state index contributed by atoms with van der Waals surface area (Å²) in [6.07, 6.45) is 60.1. The number of unbranched alkanes of at least 4 members (excludes halogenated alkanes) is 30. The SMILES string of the molecule is CC/C=C\C/C=C\C/C=C\C/C=C\C/C=C\C/C=C\CCC(=O)OC1C(OCC(COC(=O)CCCCCCCCCCCCCCCCCCC)OC(=O)CCCCCCCCCCCCCCCCC)OC(C(=O)O)C(O)C1O. The van der Waals surface area contributed by atoms with E-state index in [4.69, 9.17) is 23.7 Å². The number of carboxylic acid groups (broad SMARTS) is 1. The highest BCUT2D eigenvalue weighted by Crippen LogP contribution is 2.26. The molecule has 0 saturated carbocycles. The molecule has 12 heteroatoms. The minimum atomic E-state index is -1.93. The third-order valence-electron chi connectivity index (χ3n) is 14.8. The summed E-state index contributed by atoms with van der Waals surface area (Å²) in [5.41, 5.74) is 0. The van der Waals surface area contributed by atoms with Crippen LogP contribution in [0.25, 0.3) is 0 Å². The van der Waals surface area contributed by atoms with Crippen molar-refractivity contribution >= 4 is 23.9 Å². The van der Waals surface area contributed by atoms with Crippen LogP contribution in [0.15, 0.2) is 72.9 Å². The van der Waals surface area contributed by atoms with Crippen molar-refractivity contribution in [3.8, 4) is 0 Å². The van der Waals surface area contributed by atoms with Gasteiger partial charge in [-0.1, -0.05) is 286 Å². The maximum Gasteiger partial charge on any atom is 0.335 e. The number of hydrogen-bond donors (Lipinski definition) is 3. The van der Waals surface area contributed by atoms with E-state index in [1.54, 1.807) is 0 Å². The van der Waals surface area contributed by atoms with Crippen LogP contribution in [0.5, 0.6) is 0 Å². The fourth-order valence-corrected chi connectivity index (χ4v) is 9.81. The Kier molecular flexibility index (Phi) is 52.6. The minimum absolute atomic E-state index is 0.0640. The maximum absolute atomic E-state index is 13.2. The highest BCUT2D eigenvalue weighted by Gasteiger charge is 2.50. The quantitative estimate of drug-likeness (QED) is 0.0228. The zero-order valence-electron chi connectivity index (χ0n) is 51.5. The zero-order chi connectivity index (χ0) is 58.9. The molecular formula is C69H118O12. The van der Waals surface area contributed by atoms with Crippen LogP contribution < -0.4 is 0 Å². The summed E-state index contributed by atoms with van der Waals surface area (Å²) >= 11 is 0. The number of aliphatic hydroxyl groups excluding tert-OH is 2. The summed E-state index contributed by atoms with van der Waals surface area (Å²) in [4.78, 5) is 51.3. The van der Waals surface area contributed by atoms with Gasteiger partial charge in [-0.15, -0.1) is 0 Å². The summed E-state index contributed by atoms with van der Waals surface area (Å²) in [5, 5.41) is 31.6. The van der Waals surface area contributed by atoms with Gasteiger partial charge in [-0.2, -0.15) is 0 Å². The first-order chi connectivity index (χ1) is 39.6. The van der Waals surface area contributed by atoms with Crippen LogP contribution in [0, 0.1) is 0 Å². The van der Waals surface area contributed by atoms with Gasteiger partial charge in [0.2, 0.25) is 0 Å². The molecule has 0 aromatic rings. The normalized spacial score (nSPS) is 18.2. The Morgan fingerprint density at radius 3 is 1.16 bits per heavy atom. The predicted molar refractivity (Wildman–Crippen MR) is 331 cm³/mol. The predicted octanol–water partition coefficient (Wildman–Crippen LogP) is 17.7. The van der Waals surface area contributed by atoms with E-state index in [9.17, 15) is 34.5 Å². The Morgan fingerprint density at radius 1 is 0.420 bits per heavy atom. The number of aliphatic hydroxyl groups is 2. The fraction of sp³-hybridized carbons (Fsp3) is 0.768. The second kappa shape index (κ2) is 56.6. The van der Waals surface area contributed by atoms with E-state index >= 15 is 0 Å². The number of allylic oxidation sites excluding steroid dienone is 12. The molecule has 0 aliphatic carbocycles. The van der Waals surface area contributed by atoms with Gasteiger partial charge in [-0.05, 0) is 57.8 Å². The van der Waals surface area contributed by atoms with Gasteiger partial charge >= 0.3 is 23.9 Å². The van der Waals surface area contributed by atoms with E-state index < -0.39 is 67.3 Å². The van der Waals surface area contributed by atoms with Crippen LogP contribution >= 0.6 is 0 Å². The van der Waals surface area contributed by atoms with Crippen LogP contribution in [0.1, 0.15) is 290 Å². The highest BCUT2D eigenvalue weighted by atomic mass is 16.7. The third kappa shape index (κ3) is 46.3. The summed E-state index contributed by atoms with van der Waals surface area (Å²) in [6, 6.07) is 0. The molecule has 0 aromatic carbocycles. The highest BCUT2D eigenvalue weighted by molar-refractivity contribution is 5.74. The number of hydrogen-bond acceptors (Lipinski definition) is 11. The van der Waals surface area contributed by atoms with Crippen LogP contribution in [0.4, 0.5) is 0 Å². The van der Waals surface area contributed by atoms with Gasteiger partial charge in [-0.25, -0.2) is 4.79 Å². The van der Waals surface area contributed by atoms with Gasteiger partial charge in [0.1, 0.15) is 18.8 Å². The van der Waals surface area contributed by atoms with Gasteiger partial charge in [-0.3, -0.25) is 14.4 Å². The lowest BCUT2D eigenvalue weighted by Crippen LogP contribution is -2.61. The average molecular weight is 1140 g/mol. The first-order valence-corrected chi connectivity index (χ1v) is 32.9. The molecule has 3 N–H and O–H groups in total. The largest absolute Gasteiger partial charge is 0.479 e. The Labute approximate surface area is 493 Å². The molecule has 0 spiro atoms. The monoisotopic (exact) mass is 1140 g/mol. The smallest absolute Gasteiger partial charge is 0.335 e. The number of rotatable bonds is 56. The van der Waals surface area contributed by atoms with E-state index in [2.05, 4.69) is 75.5 Å². The molecule has 6 atom stereocenters. The van der Waals surface area contributed by atoms with E-state index in [0.717, 1.165) is 70.6 Å². The summed E-state index contributed by atoms with van der Waals surface area (Å²) in [6.45, 7) is 5.90. The van der Waals surface area contributed by atoms with Gasteiger partial charge in [0.05, 0.1) is 6.61 Å². The molecule has 12 nitrogen and oxygen atoms in total. The second-order valence-corrected chi connectivity index (χ2v) is 22.4. The third-order valence-corrected chi connectivity index (χ3v) is 14.8. The van der Waals surface area contributed by atoms with Crippen LogP contribution in [0.2, 0.25) is 0 Å². The number of ether oxygens (including phenoxy) is 5. The number of aliphatic carboxylic acids is 1. The van der Waals surface area contributed by atoms with E-state index in [0.29, 0.717) is 25.7 Å². The maximum atomic E-state index is 13.2. The van der Waals surface area contributed by atoms with Crippen molar-refractivity contribution in [3.05, 3.63) is 72.9 Å². The Hall–Kier alpha value is -3.84. The summed E-state index contributed by atoms with van der Waals surface area (Å²) in [7, 11) is 0. The fourth-order valence-electron chi connectivity index (χ4n) is 9.81. The molecule has 0 bridgehead atoms. The first kappa shape index (κ1) is 75.2. The van der Waals surface area contributed by atoms with Crippen LogP contribution in [-0.4, -0.2) is 89.2 Å². The molecule has 1 saturated heterocycles.